The average Bonchev–Trinajstić information content (AvgIpc) is 2.17. The zero-order chi connectivity index (χ0) is 12.3. The van der Waals surface area contributed by atoms with Gasteiger partial charge in [0.2, 0.25) is 0 Å². The maximum Gasteiger partial charge on any atom is 0.270 e. The topological polar surface area (TPSA) is 40.5 Å². The van der Waals surface area contributed by atoms with E-state index >= 15 is 0 Å². The number of aliphatic hydroxyl groups excluding tert-OH is 1. The van der Waals surface area contributed by atoms with Gasteiger partial charge < -0.3 is 10.2 Å². The molecule has 2 nitrogen and oxygen atoms in total. The lowest BCUT2D eigenvalue weighted by atomic mass is 9.99. The molecule has 0 aromatic heterocycles. The van der Waals surface area contributed by atoms with Gasteiger partial charge in [0.1, 0.15) is 0 Å². The van der Waals surface area contributed by atoms with Crippen LogP contribution in [0.25, 0.3) is 0 Å². The molecule has 1 aromatic carbocycles. The Bertz CT molecular complexity index is 328. The van der Waals surface area contributed by atoms with Crippen molar-refractivity contribution < 1.29 is 19.0 Å². The predicted molar refractivity (Wildman–Crippen MR) is 57.1 cm³/mol. The highest BCUT2D eigenvalue weighted by atomic mass is 19.3. The van der Waals surface area contributed by atoms with Crippen molar-refractivity contribution in [2.75, 3.05) is 0 Å². The van der Waals surface area contributed by atoms with Crippen LogP contribution in [0.5, 0.6) is 0 Å². The van der Waals surface area contributed by atoms with Gasteiger partial charge in [-0.1, -0.05) is 31.2 Å². The van der Waals surface area contributed by atoms with Gasteiger partial charge in [-0.3, -0.25) is 0 Å². The van der Waals surface area contributed by atoms with E-state index in [1.807, 2.05) is 0 Å². The summed E-state index contributed by atoms with van der Waals surface area (Å²) in [6, 6.07) is 5.91. The Hall–Kier alpha value is -1.00. The molecule has 1 unspecified atom stereocenters. The fourth-order valence-electron chi connectivity index (χ4n) is 1.41. The summed E-state index contributed by atoms with van der Waals surface area (Å²) in [5, 5.41) is 17.8. The van der Waals surface area contributed by atoms with Crippen molar-refractivity contribution in [3.05, 3.63) is 35.4 Å². The minimum absolute atomic E-state index is 0.0338. The van der Waals surface area contributed by atoms with Gasteiger partial charge in [0.15, 0.2) is 6.29 Å². The van der Waals surface area contributed by atoms with Crippen molar-refractivity contribution in [3.63, 3.8) is 0 Å². The zero-order valence-corrected chi connectivity index (χ0v) is 9.32. The van der Waals surface area contributed by atoms with Gasteiger partial charge in [-0.25, -0.2) is 8.78 Å². The van der Waals surface area contributed by atoms with E-state index < -0.39 is 12.2 Å². The summed E-state index contributed by atoms with van der Waals surface area (Å²) in [6.07, 6.45) is -0.931. The normalized spacial score (nSPS) is 14.2. The molecule has 1 atom stereocenters. The smallest absolute Gasteiger partial charge is 0.270 e. The molecule has 0 aliphatic rings. The van der Waals surface area contributed by atoms with Crippen LogP contribution in [0.15, 0.2) is 24.3 Å². The Morgan fingerprint density at radius 3 is 2.06 bits per heavy atom. The third kappa shape index (κ3) is 3.54. The largest absolute Gasteiger partial charge is 0.368 e. The van der Waals surface area contributed by atoms with Gasteiger partial charge in [0.05, 0.1) is 0 Å². The maximum atomic E-state index is 12.9. The fraction of sp³-hybridized carbons (Fsp3) is 0.500. The van der Waals surface area contributed by atoms with Crippen molar-refractivity contribution in [1.82, 2.24) is 0 Å². The molecular formula is C12H16F2O2. The van der Waals surface area contributed by atoms with Crippen molar-refractivity contribution in [1.29, 1.82) is 0 Å². The predicted octanol–water partition coefficient (Wildman–Crippen LogP) is 2.29. The minimum Gasteiger partial charge on any atom is -0.368 e. The molecule has 1 aromatic rings. The summed E-state index contributed by atoms with van der Waals surface area (Å²) in [5.74, 6) is -3.14. The molecule has 0 spiro atoms. The lowest BCUT2D eigenvalue weighted by Crippen LogP contribution is -2.18. The number of alkyl halides is 2. The first-order valence-corrected chi connectivity index (χ1v) is 5.14. The monoisotopic (exact) mass is 230 g/mol. The Morgan fingerprint density at radius 2 is 1.69 bits per heavy atom. The second kappa shape index (κ2) is 4.89. The van der Waals surface area contributed by atoms with E-state index in [1.165, 1.54) is 12.1 Å². The van der Waals surface area contributed by atoms with Crippen LogP contribution in [0.4, 0.5) is 8.78 Å². The molecule has 0 aliphatic carbocycles. The van der Waals surface area contributed by atoms with Gasteiger partial charge in [-0.05, 0) is 12.0 Å². The molecule has 0 aliphatic heterocycles. The molecular weight excluding hydrogens is 214 g/mol. The summed E-state index contributed by atoms with van der Waals surface area (Å²) in [4.78, 5) is 0. The molecule has 0 saturated heterocycles. The standard InChI is InChI=1S/C12H16F2O2/c1-8(11(15)16)7-9-3-5-10(6-4-9)12(2,13)14/h3-6,8,11,15-16H,7H2,1-2H3. The number of benzene rings is 1. The van der Waals surface area contributed by atoms with Gasteiger partial charge in [-0.15, -0.1) is 0 Å². The molecule has 0 heterocycles. The molecule has 16 heavy (non-hydrogen) atoms. The van der Waals surface area contributed by atoms with E-state index in [4.69, 9.17) is 10.2 Å². The lowest BCUT2D eigenvalue weighted by molar-refractivity contribution is -0.0780. The molecule has 2 N–H and O–H groups in total. The van der Waals surface area contributed by atoms with Crippen molar-refractivity contribution in [2.45, 2.75) is 32.5 Å². The maximum absolute atomic E-state index is 12.9. The number of hydrogen-bond donors (Lipinski definition) is 2. The fourth-order valence-corrected chi connectivity index (χ4v) is 1.41. The molecule has 0 fully saturated rings. The van der Waals surface area contributed by atoms with Crippen LogP contribution in [-0.4, -0.2) is 16.5 Å². The summed E-state index contributed by atoms with van der Waals surface area (Å²) in [7, 11) is 0. The van der Waals surface area contributed by atoms with E-state index in [2.05, 4.69) is 0 Å². The van der Waals surface area contributed by atoms with Crippen molar-refractivity contribution >= 4 is 0 Å². The van der Waals surface area contributed by atoms with Gasteiger partial charge >= 0.3 is 0 Å². The Kier molecular flexibility index (Phi) is 3.99. The van der Waals surface area contributed by atoms with Crippen LogP contribution >= 0.6 is 0 Å². The molecule has 90 valence electrons. The summed E-state index contributed by atoms with van der Waals surface area (Å²) >= 11 is 0. The van der Waals surface area contributed by atoms with Gasteiger partial charge in [0, 0.05) is 18.4 Å². The van der Waals surface area contributed by atoms with E-state index in [0.29, 0.717) is 6.42 Å². The average molecular weight is 230 g/mol. The first kappa shape index (κ1) is 13.1. The second-order valence-electron chi connectivity index (χ2n) is 4.18. The van der Waals surface area contributed by atoms with Crippen molar-refractivity contribution in [2.24, 2.45) is 5.92 Å². The van der Waals surface area contributed by atoms with Crippen molar-refractivity contribution in [3.8, 4) is 0 Å². The molecule has 0 bridgehead atoms. The van der Waals surface area contributed by atoms with Gasteiger partial charge in [0.25, 0.3) is 5.92 Å². The Balaban J connectivity index is 2.72. The van der Waals surface area contributed by atoms with E-state index in [-0.39, 0.29) is 11.5 Å². The SMILES string of the molecule is CC(Cc1ccc(C(C)(F)F)cc1)C(O)O. The third-order valence-corrected chi connectivity index (χ3v) is 2.53. The van der Waals surface area contributed by atoms with Crippen LogP contribution in [-0.2, 0) is 12.3 Å². The molecule has 4 heteroatoms. The lowest BCUT2D eigenvalue weighted by Gasteiger charge is -2.15. The highest BCUT2D eigenvalue weighted by Crippen LogP contribution is 2.27. The van der Waals surface area contributed by atoms with Gasteiger partial charge in [-0.2, -0.15) is 0 Å². The molecule has 0 amide bonds. The zero-order valence-electron chi connectivity index (χ0n) is 9.32. The highest BCUT2D eigenvalue weighted by Gasteiger charge is 2.23. The molecule has 0 radical (unpaired) electrons. The Labute approximate surface area is 93.5 Å². The summed E-state index contributed by atoms with van der Waals surface area (Å²) in [5.41, 5.74) is 0.780. The molecule has 0 saturated carbocycles. The number of rotatable bonds is 4. The third-order valence-electron chi connectivity index (χ3n) is 2.53. The summed E-state index contributed by atoms with van der Waals surface area (Å²) < 4.78 is 25.8. The quantitative estimate of drug-likeness (QED) is 0.779. The highest BCUT2D eigenvalue weighted by molar-refractivity contribution is 5.25. The Morgan fingerprint density at radius 1 is 1.19 bits per heavy atom. The van der Waals surface area contributed by atoms with E-state index in [1.54, 1.807) is 19.1 Å². The van der Waals surface area contributed by atoms with Crippen LogP contribution in [0.1, 0.15) is 25.0 Å². The first-order chi connectivity index (χ1) is 7.30. The number of aliphatic hydroxyl groups is 2. The van der Waals surface area contributed by atoms with E-state index in [9.17, 15) is 8.78 Å². The van der Waals surface area contributed by atoms with Crippen LogP contribution in [0.3, 0.4) is 0 Å². The van der Waals surface area contributed by atoms with Crippen LogP contribution in [0, 0.1) is 5.92 Å². The first-order valence-electron chi connectivity index (χ1n) is 5.14. The number of halogens is 2. The van der Waals surface area contributed by atoms with Crippen LogP contribution in [0.2, 0.25) is 0 Å². The number of hydrogen-bond acceptors (Lipinski definition) is 2. The minimum atomic E-state index is -2.83. The van der Waals surface area contributed by atoms with E-state index in [0.717, 1.165) is 12.5 Å². The summed E-state index contributed by atoms with van der Waals surface area (Å²) in [6.45, 7) is 2.54. The second-order valence-corrected chi connectivity index (χ2v) is 4.18. The molecule has 1 rings (SSSR count). The van der Waals surface area contributed by atoms with Crippen LogP contribution < -0.4 is 0 Å².